The van der Waals surface area contributed by atoms with Gasteiger partial charge in [-0.05, 0) is 32.7 Å². The lowest BCUT2D eigenvalue weighted by atomic mass is 10.0. The standard InChI is InChI=1S/C14H30N2O/c1-5-7-8-9-16(12(3)4)14(17)10-13(6-2)11-15/h12-13H,5-11,15H2,1-4H3. The molecular formula is C14H30N2O. The van der Waals surface area contributed by atoms with Crippen LogP contribution in [0.1, 0.15) is 59.8 Å². The number of nitrogens with zero attached hydrogens (tertiary/aromatic N) is 1. The van der Waals surface area contributed by atoms with Crippen LogP contribution in [0.25, 0.3) is 0 Å². The third kappa shape index (κ3) is 6.67. The predicted molar refractivity (Wildman–Crippen MR) is 73.8 cm³/mol. The SMILES string of the molecule is CCCCCN(C(=O)CC(CC)CN)C(C)C. The molecule has 0 fully saturated rings. The second-order valence-corrected chi connectivity index (χ2v) is 5.10. The zero-order chi connectivity index (χ0) is 13.3. The molecule has 0 radical (unpaired) electrons. The second-order valence-electron chi connectivity index (χ2n) is 5.10. The van der Waals surface area contributed by atoms with E-state index in [0.29, 0.717) is 24.9 Å². The molecule has 1 amide bonds. The van der Waals surface area contributed by atoms with Crippen LogP contribution in [0.5, 0.6) is 0 Å². The Morgan fingerprint density at radius 3 is 2.29 bits per heavy atom. The molecule has 0 aromatic carbocycles. The number of carbonyl (C=O) groups excluding carboxylic acids is 1. The van der Waals surface area contributed by atoms with Gasteiger partial charge in [0.05, 0.1) is 0 Å². The number of amides is 1. The fraction of sp³-hybridized carbons (Fsp3) is 0.929. The van der Waals surface area contributed by atoms with Crippen molar-refractivity contribution >= 4 is 5.91 Å². The molecule has 102 valence electrons. The Balaban J connectivity index is 4.23. The maximum absolute atomic E-state index is 12.2. The first kappa shape index (κ1) is 16.4. The molecule has 0 aliphatic rings. The highest BCUT2D eigenvalue weighted by Gasteiger charge is 2.19. The lowest BCUT2D eigenvalue weighted by molar-refractivity contribution is -0.134. The van der Waals surface area contributed by atoms with E-state index in [2.05, 4.69) is 27.7 Å². The van der Waals surface area contributed by atoms with Crippen molar-refractivity contribution in [1.29, 1.82) is 0 Å². The molecule has 0 saturated carbocycles. The normalized spacial score (nSPS) is 12.8. The first-order valence-corrected chi connectivity index (χ1v) is 7.06. The Morgan fingerprint density at radius 1 is 1.24 bits per heavy atom. The van der Waals surface area contributed by atoms with Crippen molar-refractivity contribution in [3.05, 3.63) is 0 Å². The quantitative estimate of drug-likeness (QED) is 0.632. The van der Waals surface area contributed by atoms with Gasteiger partial charge < -0.3 is 10.6 Å². The maximum Gasteiger partial charge on any atom is 0.223 e. The van der Waals surface area contributed by atoms with Crippen LogP contribution in [-0.2, 0) is 4.79 Å². The van der Waals surface area contributed by atoms with Gasteiger partial charge in [0.25, 0.3) is 0 Å². The van der Waals surface area contributed by atoms with Crippen molar-refractivity contribution < 1.29 is 4.79 Å². The van der Waals surface area contributed by atoms with E-state index in [1.54, 1.807) is 0 Å². The minimum absolute atomic E-state index is 0.272. The van der Waals surface area contributed by atoms with Crippen molar-refractivity contribution in [2.75, 3.05) is 13.1 Å². The largest absolute Gasteiger partial charge is 0.340 e. The zero-order valence-electron chi connectivity index (χ0n) is 12.0. The molecule has 0 bridgehead atoms. The Kier molecular flexibility index (Phi) is 9.14. The molecule has 17 heavy (non-hydrogen) atoms. The third-order valence-electron chi connectivity index (χ3n) is 3.32. The van der Waals surface area contributed by atoms with Crippen LogP contribution in [0.15, 0.2) is 0 Å². The molecule has 0 spiro atoms. The summed E-state index contributed by atoms with van der Waals surface area (Å²) in [7, 11) is 0. The van der Waals surface area contributed by atoms with Crippen molar-refractivity contribution in [3.8, 4) is 0 Å². The summed E-state index contributed by atoms with van der Waals surface area (Å²) in [4.78, 5) is 14.2. The summed E-state index contributed by atoms with van der Waals surface area (Å²) in [6, 6.07) is 0.301. The maximum atomic E-state index is 12.2. The van der Waals surface area contributed by atoms with Gasteiger partial charge in [0.2, 0.25) is 5.91 Å². The predicted octanol–water partition coefficient (Wildman–Crippen LogP) is 2.79. The number of rotatable bonds is 9. The molecule has 0 saturated heterocycles. The Morgan fingerprint density at radius 2 is 1.88 bits per heavy atom. The van der Waals surface area contributed by atoms with Crippen molar-refractivity contribution in [3.63, 3.8) is 0 Å². The lowest BCUT2D eigenvalue weighted by Crippen LogP contribution is -2.39. The molecular weight excluding hydrogens is 212 g/mol. The van der Waals surface area contributed by atoms with Crippen molar-refractivity contribution in [1.82, 2.24) is 4.90 Å². The van der Waals surface area contributed by atoms with Gasteiger partial charge in [0.15, 0.2) is 0 Å². The number of hydrogen-bond acceptors (Lipinski definition) is 2. The average Bonchev–Trinajstić information content (AvgIpc) is 2.30. The van der Waals surface area contributed by atoms with E-state index in [9.17, 15) is 4.79 Å². The Labute approximate surface area is 107 Å². The molecule has 0 rings (SSSR count). The van der Waals surface area contributed by atoms with Gasteiger partial charge in [-0.15, -0.1) is 0 Å². The van der Waals surface area contributed by atoms with Crippen LogP contribution in [-0.4, -0.2) is 29.9 Å². The fourth-order valence-electron chi connectivity index (χ4n) is 1.96. The topological polar surface area (TPSA) is 46.3 Å². The Bertz CT molecular complexity index is 200. The highest BCUT2D eigenvalue weighted by atomic mass is 16.2. The van der Waals surface area contributed by atoms with Crippen LogP contribution in [0.4, 0.5) is 0 Å². The molecule has 0 aliphatic heterocycles. The molecule has 0 aromatic rings. The van der Waals surface area contributed by atoms with Gasteiger partial charge in [-0.1, -0.05) is 33.1 Å². The molecule has 0 aromatic heterocycles. The molecule has 1 atom stereocenters. The van der Waals surface area contributed by atoms with Gasteiger partial charge >= 0.3 is 0 Å². The Hall–Kier alpha value is -0.570. The van der Waals surface area contributed by atoms with Gasteiger partial charge in [-0.2, -0.15) is 0 Å². The highest BCUT2D eigenvalue weighted by Crippen LogP contribution is 2.12. The smallest absolute Gasteiger partial charge is 0.223 e. The molecule has 2 N–H and O–H groups in total. The van der Waals surface area contributed by atoms with Crippen LogP contribution in [0.3, 0.4) is 0 Å². The summed E-state index contributed by atoms with van der Waals surface area (Å²) in [5.41, 5.74) is 5.66. The van der Waals surface area contributed by atoms with Crippen molar-refractivity contribution in [2.45, 2.75) is 65.8 Å². The molecule has 0 aliphatic carbocycles. The number of hydrogen-bond donors (Lipinski definition) is 1. The zero-order valence-corrected chi connectivity index (χ0v) is 12.0. The summed E-state index contributed by atoms with van der Waals surface area (Å²) in [5, 5.41) is 0. The fourth-order valence-corrected chi connectivity index (χ4v) is 1.96. The molecule has 1 unspecified atom stereocenters. The van der Waals surface area contributed by atoms with Crippen LogP contribution in [0.2, 0.25) is 0 Å². The summed E-state index contributed by atoms with van der Waals surface area (Å²) >= 11 is 0. The van der Waals surface area contributed by atoms with E-state index in [1.807, 2.05) is 4.90 Å². The van der Waals surface area contributed by atoms with Gasteiger partial charge in [0.1, 0.15) is 0 Å². The van der Waals surface area contributed by atoms with Crippen LogP contribution >= 0.6 is 0 Å². The molecule has 3 heteroatoms. The van der Waals surface area contributed by atoms with Gasteiger partial charge in [-0.25, -0.2) is 0 Å². The van der Waals surface area contributed by atoms with Crippen LogP contribution in [0, 0.1) is 5.92 Å². The van der Waals surface area contributed by atoms with E-state index < -0.39 is 0 Å². The third-order valence-corrected chi connectivity index (χ3v) is 3.32. The first-order valence-electron chi connectivity index (χ1n) is 7.06. The van der Waals surface area contributed by atoms with Crippen molar-refractivity contribution in [2.24, 2.45) is 11.7 Å². The first-order chi connectivity index (χ1) is 8.06. The monoisotopic (exact) mass is 242 g/mol. The minimum Gasteiger partial charge on any atom is -0.340 e. The summed E-state index contributed by atoms with van der Waals surface area (Å²) < 4.78 is 0. The van der Waals surface area contributed by atoms with Gasteiger partial charge in [-0.3, -0.25) is 4.79 Å². The highest BCUT2D eigenvalue weighted by molar-refractivity contribution is 5.76. The van der Waals surface area contributed by atoms with E-state index in [1.165, 1.54) is 12.8 Å². The average molecular weight is 242 g/mol. The van der Waals surface area contributed by atoms with E-state index in [4.69, 9.17) is 5.73 Å². The van der Waals surface area contributed by atoms with Crippen LogP contribution < -0.4 is 5.73 Å². The lowest BCUT2D eigenvalue weighted by Gasteiger charge is -2.28. The summed E-state index contributed by atoms with van der Waals surface area (Å²) in [6.07, 6.45) is 5.10. The number of carbonyl (C=O) groups is 1. The van der Waals surface area contributed by atoms with E-state index in [-0.39, 0.29) is 5.91 Å². The summed E-state index contributed by atoms with van der Waals surface area (Å²) in [6.45, 7) is 9.97. The summed E-state index contributed by atoms with van der Waals surface area (Å²) in [5.74, 6) is 0.614. The van der Waals surface area contributed by atoms with E-state index in [0.717, 1.165) is 19.4 Å². The second kappa shape index (κ2) is 9.46. The molecule has 3 nitrogen and oxygen atoms in total. The van der Waals surface area contributed by atoms with Gasteiger partial charge in [0, 0.05) is 19.0 Å². The number of unbranched alkanes of at least 4 members (excludes halogenated alkanes) is 2. The van der Waals surface area contributed by atoms with E-state index >= 15 is 0 Å². The number of nitrogens with two attached hydrogens (primary N) is 1. The molecule has 0 heterocycles. The minimum atomic E-state index is 0.272.